The number of hydrogen-bond donors (Lipinski definition) is 1. The van der Waals surface area contributed by atoms with Crippen molar-refractivity contribution in [3.05, 3.63) is 29.3 Å². The lowest BCUT2D eigenvalue weighted by molar-refractivity contribution is 0.0672. The van der Waals surface area contributed by atoms with Crippen LogP contribution in [0.15, 0.2) is 18.2 Å². The number of carbonyl (C=O) groups is 1. The number of amides is 1. The first-order valence-electron chi connectivity index (χ1n) is 6.32. The highest BCUT2D eigenvalue weighted by molar-refractivity contribution is 9.09. The van der Waals surface area contributed by atoms with Crippen LogP contribution in [0.3, 0.4) is 0 Å². The highest BCUT2D eigenvalue weighted by Crippen LogP contribution is 2.17. The van der Waals surface area contributed by atoms with Gasteiger partial charge in [0.1, 0.15) is 5.75 Å². The van der Waals surface area contributed by atoms with Gasteiger partial charge in [0.25, 0.3) is 5.91 Å². The number of likely N-dealkylation sites (N-methyl/N-ethyl adjacent to an activating group) is 1. The molecule has 0 unspecified atom stereocenters. The van der Waals surface area contributed by atoms with Crippen LogP contribution in [0.5, 0.6) is 5.75 Å². The highest BCUT2D eigenvalue weighted by Gasteiger charge is 2.16. The SMILES string of the molecule is CCN(CCOCCBr)C(=O)c1ccc(O)cc1C. The highest BCUT2D eigenvalue weighted by atomic mass is 79.9. The summed E-state index contributed by atoms with van der Waals surface area (Å²) in [6, 6.07) is 4.80. The van der Waals surface area contributed by atoms with E-state index in [1.54, 1.807) is 17.0 Å². The van der Waals surface area contributed by atoms with E-state index in [1.807, 2.05) is 13.8 Å². The molecule has 0 heterocycles. The van der Waals surface area contributed by atoms with Crippen molar-refractivity contribution in [3.63, 3.8) is 0 Å². The van der Waals surface area contributed by atoms with Crippen molar-refractivity contribution in [1.82, 2.24) is 4.90 Å². The van der Waals surface area contributed by atoms with Crippen LogP contribution >= 0.6 is 15.9 Å². The lowest BCUT2D eigenvalue weighted by Gasteiger charge is -2.21. The maximum absolute atomic E-state index is 12.4. The average molecular weight is 330 g/mol. The number of halogens is 1. The topological polar surface area (TPSA) is 49.8 Å². The van der Waals surface area contributed by atoms with Crippen LogP contribution < -0.4 is 0 Å². The van der Waals surface area contributed by atoms with Gasteiger partial charge in [0.2, 0.25) is 0 Å². The number of rotatable bonds is 7. The molecule has 1 N–H and O–H groups in total. The van der Waals surface area contributed by atoms with Crippen LogP contribution in [-0.4, -0.2) is 47.5 Å². The van der Waals surface area contributed by atoms with Crippen LogP contribution in [0.2, 0.25) is 0 Å². The molecule has 0 saturated carbocycles. The fourth-order valence-corrected chi connectivity index (χ4v) is 2.02. The lowest BCUT2D eigenvalue weighted by atomic mass is 10.1. The van der Waals surface area contributed by atoms with Gasteiger partial charge in [0, 0.05) is 24.0 Å². The summed E-state index contributed by atoms with van der Waals surface area (Å²) in [6.07, 6.45) is 0. The molecule has 0 fully saturated rings. The van der Waals surface area contributed by atoms with Gasteiger partial charge in [-0.3, -0.25) is 4.79 Å². The third-order valence-electron chi connectivity index (χ3n) is 2.84. The molecule has 1 aromatic carbocycles. The summed E-state index contributed by atoms with van der Waals surface area (Å²) < 4.78 is 5.37. The van der Waals surface area contributed by atoms with Gasteiger partial charge in [-0.25, -0.2) is 0 Å². The van der Waals surface area contributed by atoms with Gasteiger partial charge in [-0.2, -0.15) is 0 Å². The van der Waals surface area contributed by atoms with Crippen molar-refractivity contribution < 1.29 is 14.6 Å². The van der Waals surface area contributed by atoms with Gasteiger partial charge >= 0.3 is 0 Å². The zero-order chi connectivity index (χ0) is 14.3. The second kappa shape index (κ2) is 8.17. The van der Waals surface area contributed by atoms with E-state index >= 15 is 0 Å². The Labute approximate surface area is 122 Å². The third kappa shape index (κ3) is 4.84. The summed E-state index contributed by atoms with van der Waals surface area (Å²) in [5.74, 6) is 0.153. The van der Waals surface area contributed by atoms with E-state index in [-0.39, 0.29) is 11.7 Å². The second-order valence-corrected chi connectivity index (χ2v) is 4.98. The first-order valence-corrected chi connectivity index (χ1v) is 7.45. The van der Waals surface area contributed by atoms with E-state index in [9.17, 15) is 9.90 Å². The van der Waals surface area contributed by atoms with E-state index in [0.717, 1.165) is 10.9 Å². The Hall–Kier alpha value is -1.07. The third-order valence-corrected chi connectivity index (χ3v) is 3.16. The van der Waals surface area contributed by atoms with Crippen LogP contribution in [-0.2, 0) is 4.74 Å². The summed E-state index contributed by atoms with van der Waals surface area (Å²) in [5, 5.41) is 10.2. The minimum absolute atomic E-state index is 0.0255. The van der Waals surface area contributed by atoms with Crippen molar-refractivity contribution in [2.45, 2.75) is 13.8 Å². The van der Waals surface area contributed by atoms with Gasteiger partial charge in [0.05, 0.1) is 13.2 Å². The zero-order valence-corrected chi connectivity index (χ0v) is 12.9. The fourth-order valence-electron chi connectivity index (χ4n) is 1.79. The Morgan fingerprint density at radius 3 is 2.74 bits per heavy atom. The number of ether oxygens (including phenoxy) is 1. The van der Waals surface area contributed by atoms with Gasteiger partial charge in [-0.1, -0.05) is 15.9 Å². The molecule has 5 heteroatoms. The van der Waals surface area contributed by atoms with Crippen LogP contribution in [0.4, 0.5) is 0 Å². The molecule has 0 aliphatic carbocycles. The van der Waals surface area contributed by atoms with E-state index < -0.39 is 0 Å². The molecular formula is C14H20BrNO3. The Morgan fingerprint density at radius 1 is 1.42 bits per heavy atom. The number of phenols is 1. The van der Waals surface area contributed by atoms with Crippen molar-refractivity contribution in [1.29, 1.82) is 0 Å². The summed E-state index contributed by atoms with van der Waals surface area (Å²) in [7, 11) is 0. The number of benzene rings is 1. The molecule has 1 rings (SSSR count). The molecule has 0 bridgehead atoms. The van der Waals surface area contributed by atoms with Gasteiger partial charge in [-0.15, -0.1) is 0 Å². The molecule has 0 radical (unpaired) electrons. The second-order valence-electron chi connectivity index (χ2n) is 4.19. The maximum atomic E-state index is 12.4. The molecule has 0 aliphatic heterocycles. The molecule has 1 amide bonds. The molecular weight excluding hydrogens is 310 g/mol. The average Bonchev–Trinajstić information content (AvgIpc) is 2.38. The van der Waals surface area contributed by atoms with E-state index in [1.165, 1.54) is 6.07 Å². The monoisotopic (exact) mass is 329 g/mol. The van der Waals surface area contributed by atoms with E-state index in [4.69, 9.17) is 4.74 Å². The normalized spacial score (nSPS) is 10.5. The summed E-state index contributed by atoms with van der Waals surface area (Å²) in [6.45, 7) is 6.14. The Morgan fingerprint density at radius 2 is 2.16 bits per heavy atom. The smallest absolute Gasteiger partial charge is 0.254 e. The molecule has 106 valence electrons. The predicted molar refractivity (Wildman–Crippen MR) is 79.0 cm³/mol. The molecule has 0 aliphatic rings. The molecule has 4 nitrogen and oxygen atoms in total. The van der Waals surface area contributed by atoms with E-state index in [0.29, 0.717) is 31.9 Å². The number of aryl methyl sites for hydroxylation is 1. The molecule has 1 aromatic rings. The minimum atomic E-state index is -0.0255. The van der Waals surface area contributed by atoms with Crippen LogP contribution in [0.1, 0.15) is 22.8 Å². The summed E-state index contributed by atoms with van der Waals surface area (Å²) in [5.41, 5.74) is 1.41. The predicted octanol–water partition coefficient (Wildman–Crippen LogP) is 2.57. The molecule has 0 spiro atoms. The van der Waals surface area contributed by atoms with Crippen LogP contribution in [0.25, 0.3) is 0 Å². The number of aromatic hydroxyl groups is 1. The Kier molecular flexibility index (Phi) is 6.87. The molecule has 0 saturated heterocycles. The van der Waals surface area contributed by atoms with Crippen molar-refractivity contribution in [2.24, 2.45) is 0 Å². The first kappa shape index (κ1) is 16.0. The lowest BCUT2D eigenvalue weighted by Crippen LogP contribution is -2.34. The summed E-state index contributed by atoms with van der Waals surface area (Å²) >= 11 is 3.29. The van der Waals surface area contributed by atoms with Crippen molar-refractivity contribution in [3.8, 4) is 5.75 Å². The molecule has 19 heavy (non-hydrogen) atoms. The molecule has 0 aromatic heterocycles. The number of alkyl halides is 1. The van der Waals surface area contributed by atoms with Gasteiger partial charge in [-0.05, 0) is 37.6 Å². The minimum Gasteiger partial charge on any atom is -0.508 e. The first-order chi connectivity index (χ1) is 9.10. The van der Waals surface area contributed by atoms with Gasteiger partial charge in [0.15, 0.2) is 0 Å². The number of hydrogen-bond acceptors (Lipinski definition) is 3. The Balaban J connectivity index is 2.67. The van der Waals surface area contributed by atoms with Crippen molar-refractivity contribution in [2.75, 3.05) is 31.6 Å². The van der Waals surface area contributed by atoms with Crippen molar-refractivity contribution >= 4 is 21.8 Å². The molecule has 0 atom stereocenters. The standard InChI is InChI=1S/C14H20BrNO3/c1-3-16(7-9-19-8-6-15)14(18)13-5-4-12(17)10-11(13)2/h4-5,10,17H,3,6-9H2,1-2H3. The Bertz CT molecular complexity index is 423. The number of phenolic OH excluding ortho intramolecular Hbond substituents is 1. The zero-order valence-electron chi connectivity index (χ0n) is 11.4. The van der Waals surface area contributed by atoms with Crippen LogP contribution in [0, 0.1) is 6.92 Å². The summed E-state index contributed by atoms with van der Waals surface area (Å²) in [4.78, 5) is 14.1. The quantitative estimate of drug-likeness (QED) is 0.617. The largest absolute Gasteiger partial charge is 0.508 e. The van der Waals surface area contributed by atoms with Gasteiger partial charge < -0.3 is 14.7 Å². The number of carbonyl (C=O) groups excluding carboxylic acids is 1. The number of nitrogens with zero attached hydrogens (tertiary/aromatic N) is 1. The van der Waals surface area contributed by atoms with E-state index in [2.05, 4.69) is 15.9 Å². The fraction of sp³-hybridized carbons (Fsp3) is 0.500. The maximum Gasteiger partial charge on any atom is 0.254 e.